The largest absolute Gasteiger partial charge is 0.435 e. The number of rotatable bonds is 6. The minimum atomic E-state index is -2.92. The molecule has 0 atom stereocenters. The van der Waals surface area contributed by atoms with Gasteiger partial charge < -0.3 is 15.8 Å². The first-order valence-electron chi connectivity index (χ1n) is 6.07. The maximum atomic E-state index is 12.1. The van der Waals surface area contributed by atoms with Gasteiger partial charge in [0.1, 0.15) is 5.75 Å². The zero-order valence-electron chi connectivity index (χ0n) is 10.9. The van der Waals surface area contributed by atoms with Crippen LogP contribution in [0.3, 0.4) is 0 Å². The van der Waals surface area contributed by atoms with Crippen molar-refractivity contribution in [3.05, 3.63) is 40.9 Å². The van der Waals surface area contributed by atoms with Crippen molar-refractivity contribution in [2.24, 2.45) is 0 Å². The first-order chi connectivity index (χ1) is 10.0. The Morgan fingerprint density at radius 1 is 1.48 bits per heavy atom. The number of benzene rings is 1. The molecule has 0 saturated heterocycles. The molecule has 8 heteroatoms. The minimum Gasteiger partial charge on any atom is -0.435 e. The molecule has 3 N–H and O–H groups in total. The van der Waals surface area contributed by atoms with E-state index in [0.29, 0.717) is 18.1 Å². The maximum Gasteiger partial charge on any atom is 0.387 e. The van der Waals surface area contributed by atoms with Crippen LogP contribution >= 0.6 is 11.3 Å². The second-order valence-electron chi connectivity index (χ2n) is 4.09. The lowest BCUT2D eigenvalue weighted by atomic mass is 10.2. The summed E-state index contributed by atoms with van der Waals surface area (Å²) in [5, 5.41) is 4.98. The Bertz CT molecular complexity index is 619. The Morgan fingerprint density at radius 3 is 2.95 bits per heavy atom. The number of hydrogen-bond acceptors (Lipinski definition) is 5. The van der Waals surface area contributed by atoms with E-state index < -0.39 is 6.61 Å². The van der Waals surface area contributed by atoms with Crippen molar-refractivity contribution in [3.8, 4) is 5.75 Å². The summed E-state index contributed by atoms with van der Waals surface area (Å²) in [7, 11) is 0. The number of carbonyl (C=O) groups excluding carboxylic acids is 1. The molecule has 21 heavy (non-hydrogen) atoms. The average molecular weight is 313 g/mol. The van der Waals surface area contributed by atoms with Crippen molar-refractivity contribution >= 4 is 22.4 Å². The molecule has 2 aromatic rings. The Balaban J connectivity index is 1.88. The predicted molar refractivity (Wildman–Crippen MR) is 75.6 cm³/mol. The van der Waals surface area contributed by atoms with E-state index in [2.05, 4.69) is 15.0 Å². The highest BCUT2D eigenvalue weighted by molar-refractivity contribution is 7.13. The maximum absolute atomic E-state index is 12.1. The summed E-state index contributed by atoms with van der Waals surface area (Å²) >= 11 is 1.33. The lowest BCUT2D eigenvalue weighted by Crippen LogP contribution is -2.25. The number of ether oxygens (including phenoxy) is 1. The highest BCUT2D eigenvalue weighted by Crippen LogP contribution is 2.16. The van der Waals surface area contributed by atoms with Crippen molar-refractivity contribution in [1.29, 1.82) is 0 Å². The topological polar surface area (TPSA) is 77.2 Å². The van der Waals surface area contributed by atoms with Gasteiger partial charge in [-0.2, -0.15) is 8.78 Å². The molecule has 0 bridgehead atoms. The van der Waals surface area contributed by atoms with E-state index in [1.54, 1.807) is 0 Å². The number of amides is 1. The smallest absolute Gasteiger partial charge is 0.387 e. The van der Waals surface area contributed by atoms with Crippen LogP contribution in [-0.2, 0) is 6.42 Å². The molecule has 0 saturated carbocycles. The third-order valence-corrected chi connectivity index (χ3v) is 3.28. The van der Waals surface area contributed by atoms with Gasteiger partial charge >= 0.3 is 6.61 Å². The zero-order valence-corrected chi connectivity index (χ0v) is 11.7. The van der Waals surface area contributed by atoms with Gasteiger partial charge in [-0.25, -0.2) is 4.98 Å². The zero-order chi connectivity index (χ0) is 15.2. The summed E-state index contributed by atoms with van der Waals surface area (Å²) in [6.45, 7) is -2.54. The first-order valence-corrected chi connectivity index (χ1v) is 6.95. The molecule has 1 heterocycles. The Morgan fingerprint density at radius 2 is 2.29 bits per heavy atom. The van der Waals surface area contributed by atoms with E-state index in [-0.39, 0.29) is 17.2 Å². The summed E-state index contributed by atoms with van der Waals surface area (Å²) in [5.41, 5.74) is 6.56. The van der Waals surface area contributed by atoms with Gasteiger partial charge in [0.05, 0.1) is 5.69 Å². The molecule has 0 aliphatic heterocycles. The number of anilines is 1. The second kappa shape index (κ2) is 6.98. The van der Waals surface area contributed by atoms with E-state index in [9.17, 15) is 13.6 Å². The Labute approximate surface area is 123 Å². The lowest BCUT2D eigenvalue weighted by Gasteiger charge is -2.07. The summed E-state index contributed by atoms with van der Waals surface area (Å²) in [5.74, 6) is -0.414. The second-order valence-corrected chi connectivity index (χ2v) is 4.98. The molecule has 2 rings (SSSR count). The molecule has 0 spiro atoms. The highest BCUT2D eigenvalue weighted by atomic mass is 32.1. The Kier molecular flexibility index (Phi) is 5.04. The number of aromatic nitrogens is 1. The average Bonchev–Trinajstić information content (AvgIpc) is 2.84. The molecule has 0 aliphatic rings. The van der Waals surface area contributed by atoms with Gasteiger partial charge in [0.25, 0.3) is 5.91 Å². The molecule has 5 nitrogen and oxygen atoms in total. The van der Waals surface area contributed by atoms with E-state index in [4.69, 9.17) is 5.73 Å². The normalized spacial score (nSPS) is 10.6. The van der Waals surface area contributed by atoms with Gasteiger partial charge in [-0.05, 0) is 18.2 Å². The van der Waals surface area contributed by atoms with Crippen LogP contribution in [0.5, 0.6) is 5.75 Å². The molecule has 0 unspecified atom stereocenters. The number of alkyl halides is 2. The SMILES string of the molecule is Nc1nc(CCNC(=O)c2cccc(OC(F)F)c2)cs1. The molecule has 0 fully saturated rings. The van der Waals surface area contributed by atoms with Crippen molar-refractivity contribution < 1.29 is 18.3 Å². The number of halogens is 2. The first kappa shape index (κ1) is 15.2. The molecule has 1 aromatic heterocycles. The third kappa shape index (κ3) is 4.67. The molecule has 1 aromatic carbocycles. The van der Waals surface area contributed by atoms with E-state index in [1.165, 1.54) is 35.6 Å². The van der Waals surface area contributed by atoms with Crippen LogP contribution in [0.25, 0.3) is 0 Å². The van der Waals surface area contributed by atoms with Crippen LogP contribution in [0.4, 0.5) is 13.9 Å². The van der Waals surface area contributed by atoms with Crippen LogP contribution in [-0.4, -0.2) is 24.0 Å². The van der Waals surface area contributed by atoms with Gasteiger partial charge in [0.2, 0.25) is 0 Å². The van der Waals surface area contributed by atoms with Crippen molar-refractivity contribution in [2.45, 2.75) is 13.0 Å². The van der Waals surface area contributed by atoms with Gasteiger partial charge in [0, 0.05) is 23.9 Å². The number of nitrogen functional groups attached to an aromatic ring is 1. The number of hydrogen-bond donors (Lipinski definition) is 2. The standard InChI is InChI=1S/C13H13F2N3O2S/c14-12(15)20-10-3-1-2-8(6-10)11(19)17-5-4-9-7-21-13(16)18-9/h1-3,6-7,12H,4-5H2,(H2,16,18)(H,17,19). The fourth-order valence-electron chi connectivity index (χ4n) is 1.66. The minimum absolute atomic E-state index is 0.0510. The molecular weight excluding hydrogens is 300 g/mol. The molecule has 0 aliphatic carbocycles. The third-order valence-electron chi connectivity index (χ3n) is 2.56. The molecule has 112 valence electrons. The van der Waals surface area contributed by atoms with Gasteiger partial charge in [-0.15, -0.1) is 11.3 Å². The molecular formula is C13H13F2N3O2S. The summed E-state index contributed by atoms with van der Waals surface area (Å²) < 4.78 is 28.5. The van der Waals surface area contributed by atoms with Gasteiger partial charge in [-0.1, -0.05) is 6.07 Å². The highest BCUT2D eigenvalue weighted by Gasteiger charge is 2.09. The van der Waals surface area contributed by atoms with Crippen molar-refractivity contribution in [1.82, 2.24) is 10.3 Å². The predicted octanol–water partition coefficient (Wildman–Crippen LogP) is 2.30. The van der Waals surface area contributed by atoms with Crippen molar-refractivity contribution in [2.75, 3.05) is 12.3 Å². The Hall–Kier alpha value is -2.22. The summed E-state index contributed by atoms with van der Waals surface area (Å²) in [6, 6.07) is 5.63. The van der Waals surface area contributed by atoms with E-state index >= 15 is 0 Å². The number of nitrogens with two attached hydrogens (primary N) is 1. The number of thiazole rings is 1. The fourth-order valence-corrected chi connectivity index (χ4v) is 2.25. The number of nitrogens with one attached hydrogen (secondary N) is 1. The fraction of sp³-hybridized carbons (Fsp3) is 0.231. The van der Waals surface area contributed by atoms with Crippen LogP contribution in [0.2, 0.25) is 0 Å². The van der Waals surface area contributed by atoms with Crippen LogP contribution < -0.4 is 15.8 Å². The monoisotopic (exact) mass is 313 g/mol. The van der Waals surface area contributed by atoms with E-state index in [1.807, 2.05) is 5.38 Å². The lowest BCUT2D eigenvalue weighted by molar-refractivity contribution is -0.0498. The van der Waals surface area contributed by atoms with Crippen LogP contribution in [0.15, 0.2) is 29.6 Å². The van der Waals surface area contributed by atoms with Crippen molar-refractivity contribution in [3.63, 3.8) is 0 Å². The van der Waals surface area contributed by atoms with Gasteiger partial charge in [0.15, 0.2) is 5.13 Å². The van der Waals surface area contributed by atoms with Gasteiger partial charge in [-0.3, -0.25) is 4.79 Å². The quantitative estimate of drug-likeness (QED) is 0.858. The molecule has 1 amide bonds. The molecule has 0 radical (unpaired) electrons. The van der Waals surface area contributed by atoms with E-state index in [0.717, 1.165) is 5.69 Å². The van der Waals surface area contributed by atoms with Crippen LogP contribution in [0.1, 0.15) is 16.1 Å². The summed E-state index contributed by atoms with van der Waals surface area (Å²) in [4.78, 5) is 16.0. The van der Waals surface area contributed by atoms with Crippen LogP contribution in [0, 0.1) is 0 Å². The number of nitrogens with zero attached hydrogens (tertiary/aromatic N) is 1. The number of carbonyl (C=O) groups is 1. The summed E-state index contributed by atoms with van der Waals surface area (Å²) in [6.07, 6.45) is 0.548.